The van der Waals surface area contributed by atoms with Crippen LogP contribution in [0.15, 0.2) is 34.8 Å². The molecule has 0 amide bonds. The molecule has 2 aromatic carbocycles. The number of aryl methyl sites for hydroxylation is 3. The number of hydrogen-bond acceptors (Lipinski definition) is 1. The molecule has 3 aromatic rings. The van der Waals surface area contributed by atoms with Gasteiger partial charge in [0.2, 0.25) is 0 Å². The highest BCUT2D eigenvalue weighted by atomic mass is 79.9. The number of aromatic nitrogens is 1. The number of H-pyrrole nitrogens is 1. The van der Waals surface area contributed by atoms with Crippen molar-refractivity contribution in [3.05, 3.63) is 56.5 Å². The van der Waals surface area contributed by atoms with Crippen molar-refractivity contribution in [2.24, 2.45) is 5.73 Å². The number of benzene rings is 2. The minimum Gasteiger partial charge on any atom is -0.354 e. The first kappa shape index (κ1) is 17.5. The fourth-order valence-electron chi connectivity index (χ4n) is 3.19. The van der Waals surface area contributed by atoms with Crippen molar-refractivity contribution in [3.63, 3.8) is 0 Å². The van der Waals surface area contributed by atoms with Gasteiger partial charge in [-0.05, 0) is 74.5 Å². The third kappa shape index (κ3) is 3.26. The molecule has 0 saturated heterocycles. The first-order chi connectivity index (χ1) is 11.5. The van der Waals surface area contributed by atoms with Crippen molar-refractivity contribution in [3.8, 4) is 11.3 Å². The minimum atomic E-state index is 0.730. The molecule has 0 unspecified atom stereocenters. The maximum absolute atomic E-state index is 6.50. The summed E-state index contributed by atoms with van der Waals surface area (Å²) in [5, 5.41) is 2.06. The summed E-state index contributed by atoms with van der Waals surface area (Å²) in [6.07, 6.45) is 3.11. The van der Waals surface area contributed by atoms with E-state index in [0.29, 0.717) is 0 Å². The summed E-state index contributed by atoms with van der Waals surface area (Å²) in [5.74, 6) is 0. The number of hydrogen-bond donors (Lipinski definition) is 2. The highest BCUT2D eigenvalue weighted by Crippen LogP contribution is 2.38. The quantitative estimate of drug-likeness (QED) is 0.491. The third-order valence-corrected chi connectivity index (χ3v) is 5.51. The second-order valence-corrected chi connectivity index (χ2v) is 7.60. The number of rotatable bonds is 5. The molecular formula is C20H22BrClN2. The lowest BCUT2D eigenvalue weighted by atomic mass is 9.98. The second kappa shape index (κ2) is 7.30. The molecule has 1 heterocycles. The topological polar surface area (TPSA) is 41.8 Å². The van der Waals surface area contributed by atoms with Gasteiger partial charge in [0.15, 0.2) is 0 Å². The van der Waals surface area contributed by atoms with Crippen molar-refractivity contribution in [1.82, 2.24) is 4.98 Å². The predicted molar refractivity (Wildman–Crippen MR) is 108 cm³/mol. The van der Waals surface area contributed by atoms with Gasteiger partial charge in [-0.1, -0.05) is 39.7 Å². The molecule has 24 heavy (non-hydrogen) atoms. The summed E-state index contributed by atoms with van der Waals surface area (Å²) >= 11 is 10.1. The largest absolute Gasteiger partial charge is 0.354 e. The van der Waals surface area contributed by atoms with Crippen LogP contribution < -0.4 is 5.73 Å². The summed E-state index contributed by atoms with van der Waals surface area (Å²) in [6, 6.07) is 10.4. The molecule has 3 N–H and O–H groups in total. The standard InChI is InChI=1S/C20H22BrClN2/c1-12-6-8-16-15(5-3-4-10-23)20(24-19(16)13(12)2)17-11-14(21)7-9-18(17)22/h6-9,11,24H,3-5,10,23H2,1-2H3. The van der Waals surface area contributed by atoms with Gasteiger partial charge < -0.3 is 10.7 Å². The number of unbranched alkanes of at least 4 members (excludes halogenated alkanes) is 1. The predicted octanol–water partition coefficient (Wildman–Crippen LogP) is 6.15. The lowest BCUT2D eigenvalue weighted by molar-refractivity contribution is 0.748. The summed E-state index contributed by atoms with van der Waals surface area (Å²) in [5.41, 5.74) is 13.0. The maximum Gasteiger partial charge on any atom is 0.0512 e. The van der Waals surface area contributed by atoms with Gasteiger partial charge in [-0.2, -0.15) is 0 Å². The monoisotopic (exact) mass is 404 g/mol. The van der Waals surface area contributed by atoms with E-state index in [0.717, 1.165) is 46.6 Å². The highest BCUT2D eigenvalue weighted by Gasteiger charge is 2.17. The van der Waals surface area contributed by atoms with Crippen LogP contribution in [0, 0.1) is 13.8 Å². The second-order valence-electron chi connectivity index (χ2n) is 6.28. The van der Waals surface area contributed by atoms with Crippen molar-refractivity contribution in [1.29, 1.82) is 0 Å². The SMILES string of the molecule is Cc1ccc2c(CCCCN)c(-c3cc(Br)ccc3Cl)[nH]c2c1C. The molecule has 3 rings (SSSR count). The molecule has 0 radical (unpaired) electrons. The van der Waals surface area contributed by atoms with Gasteiger partial charge in [-0.25, -0.2) is 0 Å². The van der Waals surface area contributed by atoms with Gasteiger partial charge in [-0.3, -0.25) is 0 Å². The molecule has 0 aliphatic carbocycles. The molecule has 0 spiro atoms. The van der Waals surface area contributed by atoms with Gasteiger partial charge in [0.25, 0.3) is 0 Å². The Labute approximate surface area is 156 Å². The molecule has 0 fully saturated rings. The average molecular weight is 406 g/mol. The summed E-state index contributed by atoms with van der Waals surface area (Å²) in [7, 11) is 0. The van der Waals surface area contributed by atoms with Crippen molar-refractivity contribution < 1.29 is 0 Å². The molecule has 0 aliphatic heterocycles. The van der Waals surface area contributed by atoms with Gasteiger partial charge in [0.05, 0.1) is 5.69 Å². The van der Waals surface area contributed by atoms with E-state index < -0.39 is 0 Å². The minimum absolute atomic E-state index is 0.730. The average Bonchev–Trinajstić information content (AvgIpc) is 2.93. The van der Waals surface area contributed by atoms with Crippen LogP contribution >= 0.6 is 27.5 Å². The molecule has 2 nitrogen and oxygen atoms in total. The Morgan fingerprint density at radius 1 is 1.12 bits per heavy atom. The molecule has 1 aromatic heterocycles. The van der Waals surface area contributed by atoms with Crippen molar-refractivity contribution in [2.75, 3.05) is 6.54 Å². The lowest BCUT2D eigenvalue weighted by Gasteiger charge is -2.08. The van der Waals surface area contributed by atoms with E-state index in [2.05, 4.69) is 53.0 Å². The summed E-state index contributed by atoms with van der Waals surface area (Å²) in [4.78, 5) is 3.65. The van der Waals surface area contributed by atoms with Crippen LogP contribution in [0.1, 0.15) is 29.5 Å². The van der Waals surface area contributed by atoms with Crippen LogP contribution in [0.5, 0.6) is 0 Å². The molecule has 0 bridgehead atoms. The first-order valence-electron chi connectivity index (χ1n) is 8.29. The lowest BCUT2D eigenvalue weighted by Crippen LogP contribution is -1.99. The summed E-state index contributed by atoms with van der Waals surface area (Å²) in [6.45, 7) is 5.05. The van der Waals surface area contributed by atoms with Crippen LogP contribution in [0.3, 0.4) is 0 Å². The molecule has 4 heteroatoms. The van der Waals surface area contributed by atoms with E-state index in [1.165, 1.54) is 27.6 Å². The fourth-order valence-corrected chi connectivity index (χ4v) is 3.76. The Hall–Kier alpha value is -1.29. The van der Waals surface area contributed by atoms with Crippen LogP contribution in [0.4, 0.5) is 0 Å². The summed E-state index contributed by atoms with van der Waals surface area (Å²) < 4.78 is 1.03. The highest BCUT2D eigenvalue weighted by molar-refractivity contribution is 9.10. The maximum atomic E-state index is 6.50. The van der Waals surface area contributed by atoms with E-state index in [4.69, 9.17) is 17.3 Å². The van der Waals surface area contributed by atoms with Crippen molar-refractivity contribution >= 4 is 38.4 Å². The van der Waals surface area contributed by atoms with Gasteiger partial charge in [0, 0.05) is 26.0 Å². The van der Waals surface area contributed by atoms with E-state index in [1.54, 1.807) is 0 Å². The molecule has 0 aliphatic rings. The van der Waals surface area contributed by atoms with Gasteiger partial charge in [0.1, 0.15) is 0 Å². The number of nitrogens with one attached hydrogen (secondary N) is 1. The Balaban J connectivity index is 2.23. The molecule has 0 atom stereocenters. The Bertz CT molecular complexity index is 883. The third-order valence-electron chi connectivity index (χ3n) is 4.69. The van der Waals surface area contributed by atoms with E-state index in [1.807, 2.05) is 12.1 Å². The number of aromatic amines is 1. The van der Waals surface area contributed by atoms with E-state index >= 15 is 0 Å². The van der Waals surface area contributed by atoms with Crippen LogP contribution in [0.25, 0.3) is 22.2 Å². The normalized spacial score (nSPS) is 11.4. The van der Waals surface area contributed by atoms with Crippen molar-refractivity contribution in [2.45, 2.75) is 33.1 Å². The molecule has 0 saturated carbocycles. The smallest absolute Gasteiger partial charge is 0.0512 e. The van der Waals surface area contributed by atoms with Gasteiger partial charge >= 0.3 is 0 Å². The number of nitrogens with two attached hydrogens (primary N) is 1. The molecule has 126 valence electrons. The zero-order valence-electron chi connectivity index (χ0n) is 14.0. The number of halogens is 2. The Kier molecular flexibility index (Phi) is 5.33. The molecular weight excluding hydrogens is 384 g/mol. The van der Waals surface area contributed by atoms with Crippen LogP contribution in [0.2, 0.25) is 5.02 Å². The zero-order valence-corrected chi connectivity index (χ0v) is 16.4. The number of fused-ring (bicyclic) bond motifs is 1. The Morgan fingerprint density at radius 3 is 2.67 bits per heavy atom. The van der Waals surface area contributed by atoms with E-state index in [-0.39, 0.29) is 0 Å². The first-order valence-corrected chi connectivity index (χ1v) is 9.46. The zero-order chi connectivity index (χ0) is 17.3. The van der Waals surface area contributed by atoms with Gasteiger partial charge in [-0.15, -0.1) is 0 Å². The van der Waals surface area contributed by atoms with E-state index in [9.17, 15) is 0 Å². The van der Waals surface area contributed by atoms with Crippen LogP contribution in [-0.4, -0.2) is 11.5 Å². The fraction of sp³-hybridized carbons (Fsp3) is 0.300. The van der Waals surface area contributed by atoms with Crippen LogP contribution in [-0.2, 0) is 6.42 Å². The Morgan fingerprint density at radius 2 is 1.92 bits per heavy atom.